The maximum atomic E-state index is 14.5. The van der Waals surface area contributed by atoms with Crippen molar-refractivity contribution in [3.63, 3.8) is 0 Å². The van der Waals surface area contributed by atoms with Crippen LogP contribution in [-0.2, 0) is 42.9 Å². The number of ketones is 1. The van der Waals surface area contributed by atoms with Gasteiger partial charge >= 0.3 is 23.9 Å². The van der Waals surface area contributed by atoms with Crippen molar-refractivity contribution in [1.82, 2.24) is 0 Å². The molecule has 1 aromatic carbocycles. The zero-order valence-electron chi connectivity index (χ0n) is 24.8. The molecular weight excluding hydrogens is 544 g/mol. The number of hydrogen-bond donors (Lipinski definition) is 0. The van der Waals surface area contributed by atoms with E-state index in [0.717, 1.165) is 0 Å². The highest BCUT2D eigenvalue weighted by Crippen LogP contribution is 2.76. The summed E-state index contributed by atoms with van der Waals surface area (Å²) in [4.78, 5) is 65.5. The van der Waals surface area contributed by atoms with Gasteiger partial charge in [0.1, 0.15) is 12.2 Å². The Bertz CT molecular complexity index is 1430. The van der Waals surface area contributed by atoms with Gasteiger partial charge in [-0.15, -0.1) is 0 Å². The van der Waals surface area contributed by atoms with Gasteiger partial charge in [0.05, 0.1) is 11.5 Å². The first-order valence-electron chi connectivity index (χ1n) is 14.4. The van der Waals surface area contributed by atoms with Crippen molar-refractivity contribution in [2.24, 2.45) is 29.1 Å². The molecule has 0 radical (unpaired) electrons. The van der Waals surface area contributed by atoms with Crippen LogP contribution in [0.2, 0.25) is 0 Å². The highest BCUT2D eigenvalue weighted by atomic mass is 16.7. The minimum absolute atomic E-state index is 0.218. The fourth-order valence-electron chi connectivity index (χ4n) is 8.72. The van der Waals surface area contributed by atoms with Gasteiger partial charge in [0.15, 0.2) is 28.7 Å². The lowest BCUT2D eigenvalue weighted by Gasteiger charge is -2.47. The van der Waals surface area contributed by atoms with Gasteiger partial charge in [0.25, 0.3) is 0 Å². The second-order valence-electron chi connectivity index (χ2n) is 13.1. The number of ether oxygens (including phenoxy) is 5. The highest BCUT2D eigenvalue weighted by molar-refractivity contribution is 5.98. The lowest BCUT2D eigenvalue weighted by atomic mass is 9.67. The Morgan fingerprint density at radius 3 is 2.14 bits per heavy atom. The summed E-state index contributed by atoms with van der Waals surface area (Å²) >= 11 is 0. The summed E-state index contributed by atoms with van der Waals surface area (Å²) in [5.74, 6) is -4.62. The third-order valence-corrected chi connectivity index (χ3v) is 10.2. The average Bonchev–Trinajstić information content (AvgIpc) is 3.71. The minimum atomic E-state index is -1.51. The molecule has 1 aromatic rings. The van der Waals surface area contributed by atoms with Crippen LogP contribution in [0.15, 0.2) is 42.0 Å². The number of epoxide rings is 1. The molecule has 224 valence electrons. The molecule has 10 heteroatoms. The second kappa shape index (κ2) is 8.99. The lowest BCUT2D eigenvalue weighted by Crippen LogP contribution is -2.59. The Morgan fingerprint density at radius 2 is 1.55 bits per heavy atom. The largest absolute Gasteiger partial charge is 0.459 e. The molecule has 1 saturated heterocycles. The van der Waals surface area contributed by atoms with Crippen LogP contribution in [0.5, 0.6) is 0 Å². The molecule has 0 aromatic heterocycles. The maximum Gasteiger partial charge on any atom is 0.338 e. The van der Waals surface area contributed by atoms with Crippen molar-refractivity contribution in [3.8, 4) is 0 Å². The van der Waals surface area contributed by atoms with Gasteiger partial charge in [0.2, 0.25) is 0 Å². The third kappa shape index (κ3) is 3.63. The van der Waals surface area contributed by atoms with E-state index in [1.165, 1.54) is 20.8 Å². The van der Waals surface area contributed by atoms with Crippen molar-refractivity contribution < 1.29 is 47.7 Å². The van der Waals surface area contributed by atoms with Gasteiger partial charge in [-0.1, -0.05) is 45.9 Å². The van der Waals surface area contributed by atoms with E-state index in [0.29, 0.717) is 17.6 Å². The number of Topliss-reactive ketones (excluding diaryl/α,β-unsaturated/α-hetero) is 1. The Kier molecular flexibility index (Phi) is 6.12. The minimum Gasteiger partial charge on any atom is -0.459 e. The number of benzene rings is 1. The van der Waals surface area contributed by atoms with E-state index < -0.39 is 82.2 Å². The molecule has 4 aliphatic carbocycles. The first kappa shape index (κ1) is 28.6. The van der Waals surface area contributed by atoms with E-state index >= 15 is 0 Å². The smallest absolute Gasteiger partial charge is 0.338 e. The summed E-state index contributed by atoms with van der Waals surface area (Å²) in [5, 5.41) is 0. The topological polar surface area (TPSA) is 135 Å². The van der Waals surface area contributed by atoms with Crippen molar-refractivity contribution >= 4 is 29.7 Å². The number of esters is 4. The van der Waals surface area contributed by atoms with Crippen LogP contribution in [-0.4, -0.2) is 64.8 Å². The maximum absolute atomic E-state index is 14.5. The fraction of sp³-hybridized carbons (Fsp3) is 0.594. The van der Waals surface area contributed by atoms with E-state index in [9.17, 15) is 24.0 Å². The van der Waals surface area contributed by atoms with Gasteiger partial charge in [-0.25, -0.2) is 4.79 Å². The Balaban J connectivity index is 1.57. The van der Waals surface area contributed by atoms with Crippen molar-refractivity contribution in [1.29, 1.82) is 0 Å². The van der Waals surface area contributed by atoms with E-state index in [1.54, 1.807) is 43.3 Å². The predicted molar refractivity (Wildman–Crippen MR) is 145 cm³/mol. The van der Waals surface area contributed by atoms with Gasteiger partial charge in [-0.05, 0) is 36.0 Å². The van der Waals surface area contributed by atoms with E-state index in [-0.39, 0.29) is 11.7 Å². The van der Waals surface area contributed by atoms with Crippen molar-refractivity contribution in [2.45, 2.75) is 90.0 Å². The molecule has 6 rings (SSSR count). The van der Waals surface area contributed by atoms with Gasteiger partial charge in [0, 0.05) is 38.2 Å². The summed E-state index contributed by atoms with van der Waals surface area (Å²) in [7, 11) is 0. The normalized spacial score (nSPS) is 41.8. The zero-order valence-corrected chi connectivity index (χ0v) is 24.8. The monoisotopic (exact) mass is 580 g/mol. The molecule has 0 bridgehead atoms. The summed E-state index contributed by atoms with van der Waals surface area (Å²) in [6, 6.07) is 8.48. The predicted octanol–water partition coefficient (Wildman–Crippen LogP) is 3.36. The third-order valence-electron chi connectivity index (χ3n) is 10.2. The molecule has 42 heavy (non-hydrogen) atoms. The van der Waals surface area contributed by atoms with Gasteiger partial charge in [-0.2, -0.15) is 0 Å². The first-order valence-corrected chi connectivity index (χ1v) is 14.4. The molecule has 0 amide bonds. The molecule has 5 aliphatic rings. The molecule has 10 nitrogen and oxygen atoms in total. The molecule has 10 atom stereocenters. The van der Waals surface area contributed by atoms with Crippen LogP contribution in [0, 0.1) is 29.1 Å². The van der Waals surface area contributed by atoms with Crippen LogP contribution in [0.1, 0.15) is 65.2 Å². The number of rotatable bonds is 5. The molecule has 0 spiro atoms. The van der Waals surface area contributed by atoms with Crippen LogP contribution in [0.3, 0.4) is 0 Å². The number of carbonyl (C=O) groups is 5. The SMILES string of the molecule is CC(=O)OC1C2=CC34OC3(CC(C)C4OC(C)=O)C(=O)C(C)C2(OC(C)=O)C2C(C1OC(=O)c1ccccc1)C2(C)C. The summed E-state index contributed by atoms with van der Waals surface area (Å²) < 4.78 is 30.4. The Labute approximate surface area is 244 Å². The fourth-order valence-corrected chi connectivity index (χ4v) is 8.72. The summed E-state index contributed by atoms with van der Waals surface area (Å²) in [6.45, 7) is 11.3. The Morgan fingerprint density at radius 1 is 0.905 bits per heavy atom. The van der Waals surface area contributed by atoms with Crippen molar-refractivity contribution in [2.75, 3.05) is 0 Å². The molecule has 0 N–H and O–H groups in total. The molecule has 3 saturated carbocycles. The molecule has 10 unspecified atom stereocenters. The first-order chi connectivity index (χ1) is 19.6. The van der Waals surface area contributed by atoms with E-state index in [1.807, 2.05) is 20.8 Å². The molecule has 1 aliphatic heterocycles. The highest BCUT2D eigenvalue weighted by Gasteiger charge is 2.88. The van der Waals surface area contributed by atoms with Crippen LogP contribution in [0.4, 0.5) is 0 Å². The molecular formula is C32H36O10. The zero-order chi connectivity index (χ0) is 30.6. The number of carbonyl (C=O) groups excluding carboxylic acids is 5. The number of fused-ring (bicyclic) bond motifs is 3. The van der Waals surface area contributed by atoms with Gasteiger partial charge < -0.3 is 23.7 Å². The second-order valence-corrected chi connectivity index (χ2v) is 13.1. The van der Waals surface area contributed by atoms with Crippen molar-refractivity contribution in [3.05, 3.63) is 47.5 Å². The standard InChI is InChI=1S/C32H36O10/c1-15-13-30-26(36)16(2)32(41-19(5)35)21(14-31(30,42-30)27(15)39-18(4)34)23(38-17(3)33)24(22-25(32)29(22,6)7)40-28(37)20-11-9-8-10-12-20/h8-12,14-16,22-25,27H,13H2,1-7H3. The summed E-state index contributed by atoms with van der Waals surface area (Å²) in [6.07, 6.45) is -0.963. The summed E-state index contributed by atoms with van der Waals surface area (Å²) in [5.41, 5.74) is -4.09. The molecule has 1 heterocycles. The lowest BCUT2D eigenvalue weighted by molar-refractivity contribution is -0.177. The quantitative estimate of drug-likeness (QED) is 0.221. The average molecular weight is 581 g/mol. The van der Waals surface area contributed by atoms with Crippen LogP contribution < -0.4 is 0 Å². The van der Waals surface area contributed by atoms with Crippen LogP contribution in [0.25, 0.3) is 0 Å². The van der Waals surface area contributed by atoms with E-state index in [2.05, 4.69) is 0 Å². The van der Waals surface area contributed by atoms with Gasteiger partial charge in [-0.3, -0.25) is 19.2 Å². The number of hydrogen-bond acceptors (Lipinski definition) is 10. The Hall–Kier alpha value is -3.53. The van der Waals surface area contributed by atoms with E-state index in [4.69, 9.17) is 23.7 Å². The molecule has 4 fully saturated rings. The van der Waals surface area contributed by atoms with Crippen LogP contribution >= 0.6 is 0 Å².